The summed E-state index contributed by atoms with van der Waals surface area (Å²) in [6, 6.07) is 7.49. The van der Waals surface area contributed by atoms with Gasteiger partial charge in [-0.05, 0) is 24.0 Å². The molecule has 1 heterocycles. The van der Waals surface area contributed by atoms with Gasteiger partial charge in [-0.25, -0.2) is 0 Å². The number of carboxylic acids is 1. The first-order chi connectivity index (χ1) is 10.1. The summed E-state index contributed by atoms with van der Waals surface area (Å²) in [6.07, 6.45) is 2.17. The SMILES string of the molecule is CCC[C@H](NCC(=O)N1CCc2ccccc2C1)C(=O)O. The van der Waals surface area contributed by atoms with Crippen LogP contribution in [0.4, 0.5) is 0 Å². The van der Waals surface area contributed by atoms with Gasteiger partial charge in [0.25, 0.3) is 0 Å². The van der Waals surface area contributed by atoms with Crippen molar-refractivity contribution in [1.82, 2.24) is 10.2 Å². The van der Waals surface area contributed by atoms with Crippen molar-refractivity contribution in [1.29, 1.82) is 0 Å². The van der Waals surface area contributed by atoms with E-state index in [9.17, 15) is 9.59 Å². The van der Waals surface area contributed by atoms with E-state index in [0.717, 1.165) is 12.8 Å². The van der Waals surface area contributed by atoms with Crippen molar-refractivity contribution in [2.45, 2.75) is 38.8 Å². The van der Waals surface area contributed by atoms with E-state index in [2.05, 4.69) is 11.4 Å². The van der Waals surface area contributed by atoms with Gasteiger partial charge >= 0.3 is 5.97 Å². The molecule has 0 aliphatic carbocycles. The molecule has 0 saturated heterocycles. The molecule has 1 amide bonds. The predicted molar refractivity (Wildman–Crippen MR) is 79.9 cm³/mol. The minimum Gasteiger partial charge on any atom is -0.480 e. The van der Waals surface area contributed by atoms with Crippen LogP contribution in [0.3, 0.4) is 0 Å². The predicted octanol–water partition coefficient (Wildman–Crippen LogP) is 1.41. The van der Waals surface area contributed by atoms with E-state index in [0.29, 0.717) is 19.5 Å². The largest absolute Gasteiger partial charge is 0.480 e. The van der Waals surface area contributed by atoms with Gasteiger partial charge in [0.05, 0.1) is 6.54 Å². The number of benzene rings is 1. The molecule has 1 atom stereocenters. The van der Waals surface area contributed by atoms with E-state index in [1.807, 2.05) is 25.1 Å². The summed E-state index contributed by atoms with van der Waals surface area (Å²) in [7, 11) is 0. The molecule has 5 heteroatoms. The Kier molecular flexibility index (Phi) is 5.33. The maximum atomic E-state index is 12.2. The van der Waals surface area contributed by atoms with Crippen molar-refractivity contribution in [2.75, 3.05) is 13.1 Å². The monoisotopic (exact) mass is 290 g/mol. The number of rotatable bonds is 6. The second kappa shape index (κ2) is 7.22. The molecule has 0 unspecified atom stereocenters. The first-order valence-corrected chi connectivity index (χ1v) is 7.42. The Balaban J connectivity index is 1.89. The third kappa shape index (κ3) is 4.04. The molecule has 5 nitrogen and oxygen atoms in total. The molecule has 0 bridgehead atoms. The van der Waals surface area contributed by atoms with Gasteiger partial charge in [-0.3, -0.25) is 14.9 Å². The highest BCUT2D eigenvalue weighted by Crippen LogP contribution is 2.18. The molecule has 114 valence electrons. The lowest BCUT2D eigenvalue weighted by atomic mass is 10.00. The van der Waals surface area contributed by atoms with Crippen molar-refractivity contribution in [3.8, 4) is 0 Å². The molecule has 1 aromatic rings. The van der Waals surface area contributed by atoms with Gasteiger partial charge in [0.1, 0.15) is 6.04 Å². The summed E-state index contributed by atoms with van der Waals surface area (Å²) in [5, 5.41) is 11.9. The number of amides is 1. The highest BCUT2D eigenvalue weighted by Gasteiger charge is 2.22. The van der Waals surface area contributed by atoms with E-state index in [4.69, 9.17) is 5.11 Å². The van der Waals surface area contributed by atoms with Crippen LogP contribution >= 0.6 is 0 Å². The van der Waals surface area contributed by atoms with Gasteiger partial charge in [-0.15, -0.1) is 0 Å². The normalized spacial score (nSPS) is 15.4. The van der Waals surface area contributed by atoms with E-state index < -0.39 is 12.0 Å². The van der Waals surface area contributed by atoms with Gasteiger partial charge in [-0.1, -0.05) is 37.6 Å². The summed E-state index contributed by atoms with van der Waals surface area (Å²) in [5.74, 6) is -0.930. The summed E-state index contributed by atoms with van der Waals surface area (Å²) in [6.45, 7) is 3.32. The summed E-state index contributed by atoms with van der Waals surface area (Å²) in [4.78, 5) is 25.1. The fourth-order valence-electron chi connectivity index (χ4n) is 2.63. The average molecular weight is 290 g/mol. The second-order valence-electron chi connectivity index (χ2n) is 5.39. The number of nitrogens with zero attached hydrogens (tertiary/aromatic N) is 1. The highest BCUT2D eigenvalue weighted by molar-refractivity contribution is 5.80. The molecule has 1 aliphatic rings. The molecule has 1 aromatic carbocycles. The van der Waals surface area contributed by atoms with E-state index in [1.54, 1.807) is 4.90 Å². The Morgan fingerprint density at radius 1 is 1.33 bits per heavy atom. The number of carbonyl (C=O) groups is 2. The molecular formula is C16H22N2O3. The molecule has 0 spiro atoms. The van der Waals surface area contributed by atoms with E-state index in [1.165, 1.54) is 11.1 Å². The molecule has 0 aromatic heterocycles. The molecule has 2 N–H and O–H groups in total. The highest BCUT2D eigenvalue weighted by atomic mass is 16.4. The fourth-order valence-corrected chi connectivity index (χ4v) is 2.63. The van der Waals surface area contributed by atoms with Gasteiger partial charge in [0.15, 0.2) is 0 Å². The van der Waals surface area contributed by atoms with Gasteiger partial charge in [-0.2, -0.15) is 0 Å². The van der Waals surface area contributed by atoms with Crippen molar-refractivity contribution >= 4 is 11.9 Å². The number of fused-ring (bicyclic) bond motifs is 1. The molecule has 0 fully saturated rings. The summed E-state index contributed by atoms with van der Waals surface area (Å²) in [5.41, 5.74) is 2.48. The molecule has 0 radical (unpaired) electrons. The van der Waals surface area contributed by atoms with Crippen molar-refractivity contribution in [2.24, 2.45) is 0 Å². The third-order valence-corrected chi connectivity index (χ3v) is 3.86. The third-order valence-electron chi connectivity index (χ3n) is 3.86. The Morgan fingerprint density at radius 2 is 2.05 bits per heavy atom. The number of aliphatic carboxylic acids is 1. The number of nitrogens with one attached hydrogen (secondary N) is 1. The average Bonchev–Trinajstić information content (AvgIpc) is 2.50. The lowest BCUT2D eigenvalue weighted by molar-refractivity contribution is -0.140. The zero-order chi connectivity index (χ0) is 15.2. The zero-order valence-electron chi connectivity index (χ0n) is 12.3. The fraction of sp³-hybridized carbons (Fsp3) is 0.500. The van der Waals surface area contributed by atoms with Crippen LogP contribution in [0.25, 0.3) is 0 Å². The number of hydrogen-bond donors (Lipinski definition) is 2. The van der Waals surface area contributed by atoms with Crippen LogP contribution < -0.4 is 5.32 Å². The molecular weight excluding hydrogens is 268 g/mol. The standard InChI is InChI=1S/C16H22N2O3/c1-2-5-14(16(20)21)17-10-15(19)18-9-8-12-6-3-4-7-13(12)11-18/h3-4,6-7,14,17H,2,5,8-11H2,1H3,(H,20,21)/t14-/m0/s1. The Hall–Kier alpha value is -1.88. The van der Waals surface area contributed by atoms with Crippen LogP contribution in [-0.2, 0) is 22.6 Å². The smallest absolute Gasteiger partial charge is 0.320 e. The van der Waals surface area contributed by atoms with Gasteiger partial charge in [0, 0.05) is 13.1 Å². The minimum absolute atomic E-state index is 0.0353. The minimum atomic E-state index is -0.895. The molecule has 0 saturated carbocycles. The van der Waals surface area contributed by atoms with Crippen LogP contribution in [0.5, 0.6) is 0 Å². The van der Waals surface area contributed by atoms with Crippen LogP contribution in [-0.4, -0.2) is 41.0 Å². The van der Waals surface area contributed by atoms with Crippen LogP contribution in [0.1, 0.15) is 30.9 Å². The Bertz CT molecular complexity index is 516. The van der Waals surface area contributed by atoms with Crippen LogP contribution in [0.2, 0.25) is 0 Å². The van der Waals surface area contributed by atoms with E-state index >= 15 is 0 Å². The maximum Gasteiger partial charge on any atom is 0.320 e. The first-order valence-electron chi connectivity index (χ1n) is 7.42. The topological polar surface area (TPSA) is 69.6 Å². The number of hydrogen-bond acceptors (Lipinski definition) is 3. The van der Waals surface area contributed by atoms with Crippen LogP contribution in [0.15, 0.2) is 24.3 Å². The van der Waals surface area contributed by atoms with Gasteiger partial charge < -0.3 is 10.0 Å². The van der Waals surface area contributed by atoms with Crippen molar-refractivity contribution < 1.29 is 14.7 Å². The number of carboxylic acid groups (broad SMARTS) is 1. The van der Waals surface area contributed by atoms with Crippen molar-refractivity contribution in [3.05, 3.63) is 35.4 Å². The maximum absolute atomic E-state index is 12.2. The first kappa shape index (κ1) is 15.5. The van der Waals surface area contributed by atoms with Gasteiger partial charge in [0.2, 0.25) is 5.91 Å². The zero-order valence-corrected chi connectivity index (χ0v) is 12.3. The van der Waals surface area contributed by atoms with Crippen molar-refractivity contribution in [3.63, 3.8) is 0 Å². The molecule has 1 aliphatic heterocycles. The number of carbonyl (C=O) groups excluding carboxylic acids is 1. The lowest BCUT2D eigenvalue weighted by Crippen LogP contribution is -2.45. The Morgan fingerprint density at radius 3 is 2.71 bits per heavy atom. The molecule has 21 heavy (non-hydrogen) atoms. The van der Waals surface area contributed by atoms with Crippen LogP contribution in [0, 0.1) is 0 Å². The second-order valence-corrected chi connectivity index (χ2v) is 5.39. The van der Waals surface area contributed by atoms with E-state index in [-0.39, 0.29) is 12.5 Å². The molecule has 2 rings (SSSR count). The summed E-state index contributed by atoms with van der Waals surface area (Å²) >= 11 is 0. The lowest BCUT2D eigenvalue weighted by Gasteiger charge is -2.29. The Labute approximate surface area is 125 Å². The summed E-state index contributed by atoms with van der Waals surface area (Å²) < 4.78 is 0. The quantitative estimate of drug-likeness (QED) is 0.831.